The molecule has 0 spiro atoms. The molecule has 2 nitrogen and oxygen atoms in total. The first-order valence-corrected chi connectivity index (χ1v) is 7.00. The summed E-state index contributed by atoms with van der Waals surface area (Å²) in [6.07, 6.45) is 1.84. The van der Waals surface area contributed by atoms with Gasteiger partial charge >= 0.3 is 0 Å². The van der Waals surface area contributed by atoms with E-state index >= 15 is 0 Å². The van der Waals surface area contributed by atoms with Crippen LogP contribution in [0.15, 0.2) is 16.8 Å². The van der Waals surface area contributed by atoms with Gasteiger partial charge in [-0.05, 0) is 41.7 Å². The van der Waals surface area contributed by atoms with Gasteiger partial charge in [0.2, 0.25) is 0 Å². The van der Waals surface area contributed by atoms with Crippen LogP contribution in [0, 0.1) is 5.92 Å². The smallest absolute Gasteiger partial charge is 0.0690 e. The third-order valence-electron chi connectivity index (χ3n) is 3.10. The van der Waals surface area contributed by atoms with Crippen LogP contribution in [0.5, 0.6) is 0 Å². The number of thiophene rings is 1. The molecule has 0 saturated heterocycles. The summed E-state index contributed by atoms with van der Waals surface area (Å²) in [5.41, 5.74) is 1.38. The monoisotopic (exact) mass is 241 g/mol. The molecule has 3 atom stereocenters. The van der Waals surface area contributed by atoms with Crippen LogP contribution < -0.4 is 5.32 Å². The van der Waals surface area contributed by atoms with E-state index in [4.69, 9.17) is 0 Å². The Labute approximate surface area is 103 Å². The maximum atomic E-state index is 9.83. The van der Waals surface area contributed by atoms with E-state index in [9.17, 15) is 5.11 Å². The molecule has 3 heteroatoms. The zero-order valence-electron chi connectivity index (χ0n) is 10.4. The van der Waals surface area contributed by atoms with E-state index < -0.39 is 0 Å². The van der Waals surface area contributed by atoms with Gasteiger partial charge in [-0.2, -0.15) is 11.3 Å². The molecular formula is C13H23NOS. The summed E-state index contributed by atoms with van der Waals surface area (Å²) in [6, 6.07) is 2.59. The Kier molecular flexibility index (Phi) is 6.03. The van der Waals surface area contributed by atoms with E-state index in [1.165, 1.54) is 5.56 Å². The molecule has 0 aliphatic heterocycles. The van der Waals surface area contributed by atoms with Crippen molar-refractivity contribution in [2.24, 2.45) is 5.92 Å². The highest BCUT2D eigenvalue weighted by molar-refractivity contribution is 7.07. The first-order chi connectivity index (χ1) is 7.63. The quantitative estimate of drug-likeness (QED) is 0.769. The van der Waals surface area contributed by atoms with Crippen LogP contribution in [-0.4, -0.2) is 23.8 Å². The Hall–Kier alpha value is -0.380. The molecule has 2 N–H and O–H groups in total. The highest BCUT2D eigenvalue weighted by Gasteiger charge is 2.13. The summed E-state index contributed by atoms with van der Waals surface area (Å²) in [5, 5.41) is 17.5. The molecule has 1 rings (SSSR count). The van der Waals surface area contributed by atoms with E-state index in [0.29, 0.717) is 18.5 Å². The van der Waals surface area contributed by atoms with Gasteiger partial charge in [0.1, 0.15) is 0 Å². The first kappa shape index (κ1) is 13.7. The van der Waals surface area contributed by atoms with Crippen molar-refractivity contribution in [3.8, 4) is 0 Å². The average molecular weight is 241 g/mol. The average Bonchev–Trinajstić information content (AvgIpc) is 2.77. The molecule has 0 radical (unpaired) electrons. The van der Waals surface area contributed by atoms with Gasteiger partial charge < -0.3 is 10.4 Å². The highest BCUT2D eigenvalue weighted by atomic mass is 32.1. The molecule has 0 aliphatic rings. The van der Waals surface area contributed by atoms with Gasteiger partial charge in [0.05, 0.1) is 6.10 Å². The van der Waals surface area contributed by atoms with Crippen LogP contribution in [0.25, 0.3) is 0 Å². The predicted octanol–water partition coefficient (Wildman–Crippen LogP) is 2.68. The minimum atomic E-state index is -0.227. The van der Waals surface area contributed by atoms with E-state index in [-0.39, 0.29) is 6.10 Å². The van der Waals surface area contributed by atoms with Gasteiger partial charge in [0.25, 0.3) is 0 Å². The number of hydrogen-bond acceptors (Lipinski definition) is 3. The van der Waals surface area contributed by atoms with Crippen molar-refractivity contribution in [1.29, 1.82) is 0 Å². The molecule has 1 aromatic heterocycles. The van der Waals surface area contributed by atoms with Crippen LogP contribution in [0.3, 0.4) is 0 Å². The van der Waals surface area contributed by atoms with Crippen LogP contribution >= 0.6 is 11.3 Å². The number of nitrogens with one attached hydrogen (secondary N) is 1. The summed E-state index contributed by atoms with van der Waals surface area (Å²) >= 11 is 1.74. The minimum Gasteiger partial charge on any atom is -0.392 e. The number of hydrogen-bond donors (Lipinski definition) is 2. The largest absolute Gasteiger partial charge is 0.392 e. The molecule has 16 heavy (non-hydrogen) atoms. The van der Waals surface area contributed by atoms with Crippen molar-refractivity contribution in [2.75, 3.05) is 6.54 Å². The first-order valence-electron chi connectivity index (χ1n) is 6.06. The lowest BCUT2D eigenvalue weighted by Crippen LogP contribution is -2.37. The number of aliphatic hydroxyl groups excluding tert-OH is 1. The van der Waals surface area contributed by atoms with E-state index in [1.54, 1.807) is 11.3 Å². The highest BCUT2D eigenvalue weighted by Crippen LogP contribution is 2.09. The van der Waals surface area contributed by atoms with Crippen molar-refractivity contribution in [3.05, 3.63) is 22.4 Å². The molecule has 92 valence electrons. The van der Waals surface area contributed by atoms with Gasteiger partial charge in [-0.15, -0.1) is 0 Å². The maximum Gasteiger partial charge on any atom is 0.0690 e. The van der Waals surface area contributed by atoms with E-state index in [1.807, 2.05) is 0 Å². The summed E-state index contributed by atoms with van der Waals surface area (Å²) in [6.45, 7) is 7.07. The van der Waals surface area contributed by atoms with Gasteiger partial charge in [0.15, 0.2) is 0 Å². The predicted molar refractivity (Wildman–Crippen MR) is 70.9 cm³/mol. The van der Waals surface area contributed by atoms with Crippen LogP contribution in [0.1, 0.15) is 32.8 Å². The van der Waals surface area contributed by atoms with Crippen molar-refractivity contribution in [3.63, 3.8) is 0 Å². The minimum absolute atomic E-state index is 0.227. The Bertz CT molecular complexity index is 273. The second kappa shape index (κ2) is 7.05. The zero-order chi connectivity index (χ0) is 12.0. The fraction of sp³-hybridized carbons (Fsp3) is 0.692. The standard InChI is InChI=1S/C13H23NOS/c1-4-10(2)13(15)8-14-11(3)7-12-5-6-16-9-12/h5-6,9-11,13-15H,4,7-8H2,1-3H3. The van der Waals surface area contributed by atoms with Gasteiger partial charge in [-0.25, -0.2) is 0 Å². The van der Waals surface area contributed by atoms with Crippen LogP contribution in [0.2, 0.25) is 0 Å². The molecule has 1 heterocycles. The lowest BCUT2D eigenvalue weighted by Gasteiger charge is -2.20. The van der Waals surface area contributed by atoms with E-state index in [0.717, 1.165) is 12.8 Å². The third-order valence-corrected chi connectivity index (χ3v) is 3.83. The topological polar surface area (TPSA) is 32.3 Å². The Morgan fingerprint density at radius 3 is 2.75 bits per heavy atom. The molecule has 0 fully saturated rings. The third kappa shape index (κ3) is 4.64. The van der Waals surface area contributed by atoms with Crippen molar-refractivity contribution in [2.45, 2.75) is 45.8 Å². The fourth-order valence-electron chi connectivity index (χ4n) is 1.63. The number of rotatable bonds is 7. The van der Waals surface area contributed by atoms with Gasteiger partial charge in [-0.1, -0.05) is 20.3 Å². The van der Waals surface area contributed by atoms with Crippen LogP contribution in [-0.2, 0) is 6.42 Å². The van der Waals surface area contributed by atoms with Crippen molar-refractivity contribution in [1.82, 2.24) is 5.32 Å². The summed E-state index contributed by atoms with van der Waals surface area (Å²) < 4.78 is 0. The normalized spacial score (nSPS) is 17.0. The molecule has 0 amide bonds. The molecule has 0 saturated carbocycles. The maximum absolute atomic E-state index is 9.83. The zero-order valence-corrected chi connectivity index (χ0v) is 11.3. The lowest BCUT2D eigenvalue weighted by atomic mass is 10.0. The second-order valence-electron chi connectivity index (χ2n) is 4.60. The Balaban J connectivity index is 2.22. The summed E-state index contributed by atoms with van der Waals surface area (Å²) in [4.78, 5) is 0. The molecule has 0 aromatic carbocycles. The lowest BCUT2D eigenvalue weighted by molar-refractivity contribution is 0.110. The fourth-order valence-corrected chi connectivity index (χ4v) is 2.31. The Morgan fingerprint density at radius 1 is 1.44 bits per heavy atom. The summed E-state index contributed by atoms with van der Waals surface area (Å²) in [5.74, 6) is 0.376. The molecule has 0 bridgehead atoms. The molecule has 0 aliphatic carbocycles. The second-order valence-corrected chi connectivity index (χ2v) is 5.38. The van der Waals surface area contributed by atoms with Crippen molar-refractivity contribution >= 4 is 11.3 Å². The molecule has 1 aromatic rings. The van der Waals surface area contributed by atoms with E-state index in [2.05, 4.69) is 42.9 Å². The van der Waals surface area contributed by atoms with Gasteiger partial charge in [-0.3, -0.25) is 0 Å². The van der Waals surface area contributed by atoms with Crippen LogP contribution in [0.4, 0.5) is 0 Å². The molecule has 3 unspecified atom stereocenters. The molecular weight excluding hydrogens is 218 g/mol. The van der Waals surface area contributed by atoms with Crippen molar-refractivity contribution < 1.29 is 5.11 Å². The SMILES string of the molecule is CCC(C)C(O)CNC(C)Cc1ccsc1. The Morgan fingerprint density at radius 2 is 2.19 bits per heavy atom. The number of aliphatic hydroxyl groups is 1. The summed E-state index contributed by atoms with van der Waals surface area (Å²) in [7, 11) is 0. The van der Waals surface area contributed by atoms with Gasteiger partial charge in [0, 0.05) is 12.6 Å².